The molecular formula is C18H19F6N3O3. The summed E-state index contributed by atoms with van der Waals surface area (Å²) in [6.45, 7) is 1.63. The molecule has 1 N–H and O–H groups in total. The Morgan fingerprint density at radius 2 is 1.77 bits per heavy atom. The number of rotatable bonds is 3. The number of hydrogen-bond donors (Lipinski definition) is 1. The van der Waals surface area contributed by atoms with E-state index in [0.29, 0.717) is 12.1 Å². The predicted octanol–water partition coefficient (Wildman–Crippen LogP) is 4.06. The van der Waals surface area contributed by atoms with Gasteiger partial charge in [0.2, 0.25) is 5.91 Å². The van der Waals surface area contributed by atoms with Crippen LogP contribution in [-0.4, -0.2) is 53.4 Å². The molecule has 30 heavy (non-hydrogen) atoms. The Labute approximate surface area is 167 Å². The number of piperidine rings is 1. The number of anilines is 1. The van der Waals surface area contributed by atoms with E-state index in [1.165, 1.54) is 6.20 Å². The van der Waals surface area contributed by atoms with Crippen molar-refractivity contribution < 1.29 is 40.7 Å². The number of nitrogens with one attached hydrogen (secondary N) is 1. The van der Waals surface area contributed by atoms with Crippen molar-refractivity contribution in [1.29, 1.82) is 0 Å². The van der Waals surface area contributed by atoms with Crippen molar-refractivity contribution in [1.82, 2.24) is 9.88 Å². The van der Waals surface area contributed by atoms with E-state index >= 15 is 0 Å². The van der Waals surface area contributed by atoms with Gasteiger partial charge in [-0.1, -0.05) is 0 Å². The Morgan fingerprint density at radius 3 is 2.27 bits per heavy atom. The lowest BCUT2D eigenvalue weighted by Gasteiger charge is -2.33. The van der Waals surface area contributed by atoms with Gasteiger partial charge in [-0.2, -0.15) is 26.3 Å². The van der Waals surface area contributed by atoms with E-state index in [4.69, 9.17) is 0 Å². The molecule has 0 unspecified atom stereocenters. The minimum atomic E-state index is -5.75. The second kappa shape index (κ2) is 7.62. The molecule has 1 saturated carbocycles. The van der Waals surface area contributed by atoms with Crippen molar-refractivity contribution >= 4 is 17.7 Å². The molecule has 1 aliphatic carbocycles. The first-order valence-electron chi connectivity index (χ1n) is 9.14. The minimum absolute atomic E-state index is 0.0862. The number of carbonyl (C=O) groups excluding carboxylic acids is 2. The highest BCUT2D eigenvalue weighted by atomic mass is 19.4. The van der Waals surface area contributed by atoms with Gasteiger partial charge in [-0.05, 0) is 43.7 Å². The summed E-state index contributed by atoms with van der Waals surface area (Å²) < 4.78 is 79.0. The quantitative estimate of drug-likeness (QED) is 0.722. The first kappa shape index (κ1) is 22.2. The number of halogens is 6. The molecule has 1 spiro atoms. The van der Waals surface area contributed by atoms with Gasteiger partial charge in [0.25, 0.3) is 6.10 Å². The summed E-state index contributed by atoms with van der Waals surface area (Å²) in [5.74, 6) is -0.569. The summed E-state index contributed by atoms with van der Waals surface area (Å²) >= 11 is 0. The van der Waals surface area contributed by atoms with Gasteiger partial charge in [-0.3, -0.25) is 9.78 Å². The van der Waals surface area contributed by atoms with Gasteiger partial charge < -0.3 is 15.0 Å². The Bertz CT molecular complexity index is 787. The van der Waals surface area contributed by atoms with Crippen molar-refractivity contribution in [2.24, 2.45) is 11.3 Å². The average molecular weight is 439 g/mol. The molecule has 1 aromatic rings. The Kier molecular flexibility index (Phi) is 5.63. The molecule has 2 fully saturated rings. The van der Waals surface area contributed by atoms with E-state index in [9.17, 15) is 35.9 Å². The van der Waals surface area contributed by atoms with Crippen molar-refractivity contribution in [2.45, 2.75) is 44.6 Å². The normalized spacial score (nSPS) is 20.9. The molecule has 1 saturated heterocycles. The van der Waals surface area contributed by atoms with Gasteiger partial charge in [0.1, 0.15) is 0 Å². The molecule has 2 amide bonds. The lowest BCUT2D eigenvalue weighted by Crippen LogP contribution is -2.49. The number of aryl methyl sites for hydroxylation is 1. The largest absolute Gasteiger partial charge is 0.434 e. The number of likely N-dealkylation sites (tertiary alicyclic amines) is 1. The monoisotopic (exact) mass is 439 g/mol. The van der Waals surface area contributed by atoms with E-state index in [0.717, 1.165) is 10.6 Å². The topological polar surface area (TPSA) is 71.5 Å². The molecule has 0 bridgehead atoms. The first-order chi connectivity index (χ1) is 13.8. The standard InChI is InChI=1S/C18H19F6N3O3/c1-10-2-3-11(9-25-10)26-13(28)12-8-16(12)4-6-27(7-5-16)15(29)30-14(17(19,20)21)18(22,23)24/h2-3,9,12,14H,4-8H2,1H3,(H,26,28)/t12-/m0/s1. The zero-order valence-corrected chi connectivity index (χ0v) is 15.8. The maximum Gasteiger partial charge on any atom is 0.434 e. The van der Waals surface area contributed by atoms with Crippen LogP contribution in [0.25, 0.3) is 0 Å². The summed E-state index contributed by atoms with van der Waals surface area (Å²) in [7, 11) is 0. The SMILES string of the molecule is Cc1ccc(NC(=O)[C@@H]2CC23CCN(C(=O)OC(C(F)(F)F)C(F)(F)F)CC3)cn1. The van der Waals surface area contributed by atoms with Crippen LogP contribution in [0.2, 0.25) is 0 Å². The fourth-order valence-electron chi connectivity index (χ4n) is 3.67. The van der Waals surface area contributed by atoms with E-state index in [-0.39, 0.29) is 37.8 Å². The van der Waals surface area contributed by atoms with Crippen LogP contribution in [0.5, 0.6) is 0 Å². The molecule has 3 rings (SSSR count). The smallest absolute Gasteiger partial charge is 0.426 e. The molecule has 6 nitrogen and oxygen atoms in total. The van der Waals surface area contributed by atoms with Gasteiger partial charge in [0.05, 0.1) is 11.9 Å². The lowest BCUT2D eigenvalue weighted by molar-refractivity contribution is -0.308. The maximum atomic E-state index is 12.6. The highest BCUT2D eigenvalue weighted by Gasteiger charge is 2.61. The number of amides is 2. The Hall–Kier alpha value is -2.53. The van der Waals surface area contributed by atoms with Crippen LogP contribution in [0, 0.1) is 18.3 Å². The van der Waals surface area contributed by atoms with Crippen molar-refractivity contribution in [3.8, 4) is 0 Å². The Morgan fingerprint density at radius 1 is 1.17 bits per heavy atom. The average Bonchev–Trinajstić information content (AvgIpc) is 3.33. The minimum Gasteiger partial charge on any atom is -0.426 e. The summed E-state index contributed by atoms with van der Waals surface area (Å²) in [5.41, 5.74) is 0.902. The molecule has 2 aliphatic rings. The first-order valence-corrected chi connectivity index (χ1v) is 9.14. The number of carbonyl (C=O) groups is 2. The summed E-state index contributed by atoms with van der Waals surface area (Å²) in [6, 6.07) is 3.43. The van der Waals surface area contributed by atoms with Gasteiger partial charge in [0.15, 0.2) is 0 Å². The lowest BCUT2D eigenvalue weighted by atomic mass is 9.91. The van der Waals surface area contributed by atoms with E-state index in [1.54, 1.807) is 19.1 Å². The van der Waals surface area contributed by atoms with Gasteiger partial charge in [-0.25, -0.2) is 4.79 Å². The van der Waals surface area contributed by atoms with Crippen molar-refractivity contribution in [2.75, 3.05) is 18.4 Å². The van der Waals surface area contributed by atoms with Gasteiger partial charge in [0, 0.05) is 24.7 Å². The second-order valence-corrected chi connectivity index (χ2v) is 7.63. The van der Waals surface area contributed by atoms with Crippen LogP contribution in [0.1, 0.15) is 25.0 Å². The zero-order chi connectivity index (χ0) is 22.3. The third-order valence-corrected chi connectivity index (χ3v) is 5.52. The van der Waals surface area contributed by atoms with Crippen LogP contribution in [0.3, 0.4) is 0 Å². The molecule has 1 atom stereocenters. The van der Waals surface area contributed by atoms with Crippen molar-refractivity contribution in [3.63, 3.8) is 0 Å². The second-order valence-electron chi connectivity index (χ2n) is 7.63. The fourth-order valence-corrected chi connectivity index (χ4v) is 3.67. The molecule has 0 radical (unpaired) electrons. The Balaban J connectivity index is 1.53. The molecule has 166 valence electrons. The molecule has 0 aromatic carbocycles. The van der Waals surface area contributed by atoms with Crippen LogP contribution < -0.4 is 5.32 Å². The molecular weight excluding hydrogens is 420 g/mol. The zero-order valence-electron chi connectivity index (χ0n) is 15.8. The maximum absolute atomic E-state index is 12.6. The number of ether oxygens (including phenoxy) is 1. The number of aromatic nitrogens is 1. The summed E-state index contributed by atoms with van der Waals surface area (Å²) in [5, 5.41) is 2.74. The molecule has 2 heterocycles. The molecule has 1 aliphatic heterocycles. The predicted molar refractivity (Wildman–Crippen MR) is 91.3 cm³/mol. The van der Waals surface area contributed by atoms with Crippen molar-refractivity contribution in [3.05, 3.63) is 24.0 Å². The summed E-state index contributed by atoms with van der Waals surface area (Å²) in [4.78, 5) is 29.1. The third kappa shape index (κ3) is 4.78. The number of nitrogens with zero attached hydrogens (tertiary/aromatic N) is 2. The number of pyridine rings is 1. The third-order valence-electron chi connectivity index (χ3n) is 5.52. The number of alkyl halides is 6. The molecule has 1 aromatic heterocycles. The molecule has 12 heteroatoms. The van der Waals surface area contributed by atoms with E-state index in [2.05, 4.69) is 15.0 Å². The van der Waals surface area contributed by atoms with Crippen LogP contribution in [0.15, 0.2) is 18.3 Å². The van der Waals surface area contributed by atoms with E-state index < -0.39 is 30.0 Å². The van der Waals surface area contributed by atoms with Gasteiger partial charge in [-0.15, -0.1) is 0 Å². The van der Waals surface area contributed by atoms with Crippen LogP contribution >= 0.6 is 0 Å². The fraction of sp³-hybridized carbons (Fsp3) is 0.611. The van der Waals surface area contributed by atoms with Crippen LogP contribution in [-0.2, 0) is 9.53 Å². The highest BCUT2D eigenvalue weighted by Crippen LogP contribution is 2.59. The van der Waals surface area contributed by atoms with Crippen LogP contribution in [0.4, 0.5) is 36.8 Å². The van der Waals surface area contributed by atoms with Gasteiger partial charge >= 0.3 is 18.4 Å². The highest BCUT2D eigenvalue weighted by molar-refractivity contribution is 5.95. The summed E-state index contributed by atoms with van der Waals surface area (Å²) in [6.07, 6.45) is -14.7. The number of hydrogen-bond acceptors (Lipinski definition) is 4. The van der Waals surface area contributed by atoms with E-state index in [1.807, 2.05) is 0 Å².